The first-order valence-electron chi connectivity index (χ1n) is 12.5. The molecule has 38 heavy (non-hydrogen) atoms. The Hall–Kier alpha value is -2.03. The van der Waals surface area contributed by atoms with Gasteiger partial charge in [-0.2, -0.15) is 0 Å². The Morgan fingerprint density at radius 3 is 2.76 bits per heavy atom. The Morgan fingerprint density at radius 2 is 2.05 bits per heavy atom. The maximum Gasteiger partial charge on any atom is 0.273 e. The van der Waals surface area contributed by atoms with Gasteiger partial charge in [-0.25, -0.2) is 21.8 Å². The second-order valence-corrected chi connectivity index (χ2v) is 16.1. The predicted molar refractivity (Wildman–Crippen MR) is 152 cm³/mol. The molecule has 9 nitrogen and oxygen atoms in total. The van der Waals surface area contributed by atoms with Crippen molar-refractivity contribution in [2.75, 3.05) is 48.7 Å². The lowest BCUT2D eigenvalue weighted by Gasteiger charge is -2.26. The fourth-order valence-electron chi connectivity index (χ4n) is 4.97. The Morgan fingerprint density at radius 1 is 1.21 bits per heavy atom. The monoisotopic (exact) mass is 596 g/mol. The third-order valence-electron chi connectivity index (χ3n) is 6.91. The molecule has 5 rings (SSSR count). The minimum Gasteiger partial charge on any atom is -0.380 e. The number of fused-ring (bicyclic) bond motifs is 1. The number of hydrogen-bond donors (Lipinski definition) is 1. The van der Waals surface area contributed by atoms with Gasteiger partial charge in [0, 0.05) is 43.4 Å². The van der Waals surface area contributed by atoms with E-state index in [0.717, 1.165) is 27.7 Å². The number of thiophene rings is 1. The molecule has 0 amide bonds. The van der Waals surface area contributed by atoms with Crippen LogP contribution in [0.25, 0.3) is 0 Å². The molecule has 3 aromatic rings. The smallest absolute Gasteiger partial charge is 0.273 e. The molecule has 1 aromatic carbocycles. The number of sulfone groups is 1. The van der Waals surface area contributed by atoms with E-state index in [1.54, 1.807) is 28.8 Å². The lowest BCUT2D eigenvalue weighted by molar-refractivity contribution is 0.156. The Kier molecular flexibility index (Phi) is 8.13. The van der Waals surface area contributed by atoms with Gasteiger partial charge in [0.15, 0.2) is 9.84 Å². The summed E-state index contributed by atoms with van der Waals surface area (Å²) in [6, 6.07) is 9.06. The van der Waals surface area contributed by atoms with Crippen molar-refractivity contribution in [1.29, 1.82) is 0 Å². The molecule has 0 saturated carbocycles. The summed E-state index contributed by atoms with van der Waals surface area (Å²) in [7, 11) is -6.78. The molecule has 1 N–H and O–H groups in total. The van der Waals surface area contributed by atoms with Crippen LogP contribution in [0.2, 0.25) is 0 Å². The van der Waals surface area contributed by atoms with Gasteiger partial charge < -0.3 is 10.1 Å². The first-order chi connectivity index (χ1) is 18.2. The number of para-hydroxylation sites is 1. The van der Waals surface area contributed by atoms with Gasteiger partial charge in [0.25, 0.3) is 10.0 Å². The summed E-state index contributed by atoms with van der Waals surface area (Å²) in [5.74, 6) is 0. The molecular formula is C25H32N4O5S4. The van der Waals surface area contributed by atoms with Gasteiger partial charge in [0.2, 0.25) is 0 Å². The Bertz CT molecular complexity index is 1470. The number of nitrogens with zero attached hydrogens (tertiary/aromatic N) is 3. The van der Waals surface area contributed by atoms with E-state index in [1.807, 2.05) is 31.3 Å². The predicted octanol–water partition coefficient (Wildman–Crippen LogP) is 3.76. The van der Waals surface area contributed by atoms with Crippen LogP contribution in [0.5, 0.6) is 0 Å². The highest BCUT2D eigenvalue weighted by Crippen LogP contribution is 2.43. The average Bonchev–Trinajstić information content (AvgIpc) is 3.67. The minimum absolute atomic E-state index is 0.0644. The van der Waals surface area contributed by atoms with E-state index in [4.69, 9.17) is 4.74 Å². The van der Waals surface area contributed by atoms with E-state index >= 15 is 0 Å². The van der Waals surface area contributed by atoms with E-state index in [1.165, 1.54) is 21.9 Å². The summed E-state index contributed by atoms with van der Waals surface area (Å²) in [6.07, 6.45) is 4.55. The third kappa shape index (κ3) is 5.77. The van der Waals surface area contributed by atoms with Gasteiger partial charge in [-0.05, 0) is 43.0 Å². The van der Waals surface area contributed by atoms with Crippen molar-refractivity contribution in [3.63, 3.8) is 0 Å². The van der Waals surface area contributed by atoms with E-state index in [2.05, 4.69) is 15.2 Å². The lowest BCUT2D eigenvalue weighted by atomic mass is 10.1. The fraction of sp³-hybridized carbons (Fsp3) is 0.480. The molecule has 2 aromatic heterocycles. The maximum absolute atomic E-state index is 13.6. The van der Waals surface area contributed by atoms with E-state index in [9.17, 15) is 16.8 Å². The number of nitrogens with one attached hydrogen (secondary N) is 1. The Labute approximate surface area is 232 Å². The van der Waals surface area contributed by atoms with Crippen LogP contribution in [0.1, 0.15) is 34.8 Å². The molecular weight excluding hydrogens is 565 g/mol. The highest BCUT2D eigenvalue weighted by atomic mass is 32.2. The summed E-state index contributed by atoms with van der Waals surface area (Å²) in [5.41, 5.74) is 2.46. The molecule has 206 valence electrons. The van der Waals surface area contributed by atoms with Crippen molar-refractivity contribution in [2.24, 2.45) is 0 Å². The van der Waals surface area contributed by atoms with Crippen LogP contribution in [-0.4, -0.2) is 71.1 Å². The first-order valence-corrected chi connectivity index (χ1v) is 17.6. The lowest BCUT2D eigenvalue weighted by Crippen LogP contribution is -2.34. The molecule has 4 heterocycles. The minimum atomic E-state index is -3.75. The van der Waals surface area contributed by atoms with Crippen LogP contribution in [0, 0.1) is 0 Å². The van der Waals surface area contributed by atoms with Crippen LogP contribution in [0.15, 0.2) is 46.1 Å². The fourth-order valence-corrected chi connectivity index (χ4v) is 9.56. The maximum atomic E-state index is 13.6. The first kappa shape index (κ1) is 27.5. The number of rotatable bonds is 11. The highest BCUT2D eigenvalue weighted by Gasteiger charge is 2.34. The summed E-state index contributed by atoms with van der Waals surface area (Å²) in [4.78, 5) is 7.94. The summed E-state index contributed by atoms with van der Waals surface area (Å²) in [6.45, 7) is 4.90. The number of anilines is 2. The molecule has 1 saturated heterocycles. The summed E-state index contributed by atoms with van der Waals surface area (Å²) >= 11 is 2.82. The normalized spacial score (nSPS) is 19.9. The number of sulfonamides is 1. The number of aromatic nitrogens is 1. The highest BCUT2D eigenvalue weighted by molar-refractivity contribution is 7.94. The van der Waals surface area contributed by atoms with Crippen molar-refractivity contribution in [3.8, 4) is 0 Å². The van der Waals surface area contributed by atoms with Crippen LogP contribution < -0.4 is 9.62 Å². The quantitative estimate of drug-likeness (QED) is 0.334. The van der Waals surface area contributed by atoms with E-state index in [-0.39, 0.29) is 17.8 Å². The molecule has 2 aliphatic heterocycles. The zero-order valence-electron chi connectivity index (χ0n) is 21.4. The van der Waals surface area contributed by atoms with Gasteiger partial charge in [-0.1, -0.05) is 18.2 Å². The van der Waals surface area contributed by atoms with Crippen molar-refractivity contribution < 1.29 is 21.6 Å². The molecule has 13 heteroatoms. The van der Waals surface area contributed by atoms with Crippen molar-refractivity contribution >= 4 is 53.9 Å². The average molecular weight is 597 g/mol. The third-order valence-corrected chi connectivity index (χ3v) is 12.8. The van der Waals surface area contributed by atoms with Gasteiger partial charge in [0.05, 0.1) is 35.8 Å². The number of hydrogen-bond acceptors (Lipinski definition) is 10. The van der Waals surface area contributed by atoms with Crippen LogP contribution in [0.3, 0.4) is 0 Å². The molecule has 0 spiro atoms. The van der Waals surface area contributed by atoms with Crippen LogP contribution in [0.4, 0.5) is 11.4 Å². The molecule has 2 atom stereocenters. The van der Waals surface area contributed by atoms with Gasteiger partial charge in [0.1, 0.15) is 9.22 Å². The van der Waals surface area contributed by atoms with E-state index < -0.39 is 19.9 Å². The van der Waals surface area contributed by atoms with Gasteiger partial charge in [-0.3, -0.25) is 9.21 Å². The zero-order chi connectivity index (χ0) is 26.9. The summed E-state index contributed by atoms with van der Waals surface area (Å²) in [5, 5.41) is 5.96. The molecule has 2 unspecified atom stereocenters. The molecule has 1 fully saturated rings. The molecule has 0 bridgehead atoms. The topological polar surface area (TPSA) is 109 Å². The van der Waals surface area contributed by atoms with E-state index in [0.29, 0.717) is 49.0 Å². The largest absolute Gasteiger partial charge is 0.380 e. The standard InChI is InChI=1S/C25H32N4O5S4/c1-3-34-12-11-29(38(32,33)23-8-5-13-35-23)22-7-4-6-18-14-21(27-24(18)22)25-26-15-19(36-25)16-28-10-9-20(17-28)37(2,30)31/h4-8,13,15,20-21,27H,3,9-12,14,16-17H2,1-2H3. The van der Waals surface area contributed by atoms with Crippen LogP contribution in [-0.2, 0) is 37.6 Å². The number of ether oxygens (including phenoxy) is 1. The zero-order valence-corrected chi connectivity index (χ0v) is 24.6. The number of benzene rings is 1. The van der Waals surface area contributed by atoms with Crippen LogP contribution >= 0.6 is 22.7 Å². The van der Waals surface area contributed by atoms with Gasteiger partial charge >= 0.3 is 0 Å². The SMILES string of the molecule is CCOCCN(c1cccc2c1NC(c1ncc(CN3CCC(S(C)(=O)=O)C3)s1)C2)S(=O)(=O)c1cccs1. The summed E-state index contributed by atoms with van der Waals surface area (Å²) < 4.78 is 58.3. The van der Waals surface area contributed by atoms with Gasteiger partial charge in [-0.15, -0.1) is 22.7 Å². The molecule has 2 aliphatic rings. The Balaban J connectivity index is 1.34. The van der Waals surface area contributed by atoms with Crippen molar-refractivity contribution in [3.05, 3.63) is 57.4 Å². The second kappa shape index (κ2) is 11.2. The van der Waals surface area contributed by atoms with Crippen molar-refractivity contribution in [2.45, 2.75) is 41.8 Å². The molecule has 0 aliphatic carbocycles. The number of thiazole rings is 1. The second-order valence-electron chi connectivity index (χ2n) is 9.56. The van der Waals surface area contributed by atoms with Crippen molar-refractivity contribution in [1.82, 2.24) is 9.88 Å². The molecule has 0 radical (unpaired) electrons. The number of likely N-dealkylation sites (tertiary alicyclic amines) is 1.